The Balaban J connectivity index is 1.12. The molecule has 1 aliphatic carbocycles. The Kier molecular flexibility index (Phi) is 8.43. The molecule has 2 aromatic heterocycles. The van der Waals surface area contributed by atoms with Crippen LogP contribution in [0.1, 0.15) is 92.1 Å². The van der Waals surface area contributed by atoms with Crippen molar-refractivity contribution in [1.29, 1.82) is 0 Å². The number of ether oxygens (including phenoxy) is 2. The minimum Gasteiger partial charge on any atom is -0.465 e. The molecule has 0 unspecified atom stereocenters. The van der Waals surface area contributed by atoms with Crippen LogP contribution in [0.25, 0.3) is 10.9 Å². The molecule has 0 spiro atoms. The van der Waals surface area contributed by atoms with Crippen molar-refractivity contribution in [2.24, 2.45) is 0 Å². The summed E-state index contributed by atoms with van der Waals surface area (Å²) >= 11 is 0. The summed E-state index contributed by atoms with van der Waals surface area (Å²) in [5, 5.41) is 8.37. The maximum Gasteiger partial charge on any atom is 0.410 e. The summed E-state index contributed by atoms with van der Waals surface area (Å²) in [5.74, 6) is -1.17. The van der Waals surface area contributed by atoms with E-state index in [1.165, 1.54) is 13.2 Å². The fourth-order valence-corrected chi connectivity index (χ4v) is 6.43. The van der Waals surface area contributed by atoms with Crippen LogP contribution in [0.4, 0.5) is 10.5 Å². The molecule has 2 saturated heterocycles. The van der Waals surface area contributed by atoms with Crippen LogP contribution in [0.15, 0.2) is 41.5 Å². The van der Waals surface area contributed by atoms with Gasteiger partial charge in [-0.2, -0.15) is 5.10 Å². The Morgan fingerprint density at radius 3 is 2.24 bits per heavy atom. The molecule has 3 aromatic rings. The summed E-state index contributed by atoms with van der Waals surface area (Å²) in [6, 6.07) is 7.33. The predicted molar refractivity (Wildman–Crippen MR) is 169 cm³/mol. The second-order valence-electron chi connectivity index (χ2n) is 13.3. The average molecular weight is 619 g/mol. The Labute approximate surface area is 262 Å². The molecule has 3 aliphatic rings. The molecule has 1 N–H and O–H groups in total. The number of anilines is 1. The normalized spacial score (nSPS) is 18.6. The second-order valence-corrected chi connectivity index (χ2v) is 13.3. The van der Waals surface area contributed by atoms with Crippen LogP contribution < -0.4 is 10.9 Å². The predicted octanol–water partition coefficient (Wildman–Crippen LogP) is 4.61. The Bertz CT molecular complexity index is 1650. The van der Waals surface area contributed by atoms with Gasteiger partial charge in [-0.1, -0.05) is 0 Å². The van der Waals surface area contributed by atoms with Crippen LogP contribution >= 0.6 is 0 Å². The number of amides is 2. The quantitative estimate of drug-likeness (QED) is 0.397. The van der Waals surface area contributed by atoms with Crippen molar-refractivity contribution in [3.8, 4) is 0 Å². The lowest BCUT2D eigenvalue weighted by Crippen LogP contribution is -2.49. The van der Waals surface area contributed by atoms with E-state index in [1.807, 2.05) is 36.5 Å². The number of rotatable bonds is 6. The fourth-order valence-electron chi connectivity index (χ4n) is 6.43. The summed E-state index contributed by atoms with van der Waals surface area (Å²) in [5.41, 5.74) is 0.263. The number of hydrogen-bond donors (Lipinski definition) is 1. The van der Waals surface area contributed by atoms with Crippen LogP contribution in [0, 0.1) is 0 Å². The monoisotopic (exact) mass is 618 g/mol. The van der Waals surface area contributed by atoms with E-state index in [1.54, 1.807) is 29.0 Å². The zero-order valence-corrected chi connectivity index (χ0v) is 26.5. The van der Waals surface area contributed by atoms with Gasteiger partial charge in [0.05, 0.1) is 29.9 Å². The van der Waals surface area contributed by atoms with E-state index in [4.69, 9.17) is 14.6 Å². The van der Waals surface area contributed by atoms with Gasteiger partial charge in [-0.25, -0.2) is 9.59 Å². The zero-order chi connectivity index (χ0) is 31.9. The van der Waals surface area contributed by atoms with E-state index in [2.05, 4.69) is 10.2 Å². The summed E-state index contributed by atoms with van der Waals surface area (Å²) in [4.78, 5) is 55.7. The molecule has 3 fully saturated rings. The van der Waals surface area contributed by atoms with E-state index in [-0.39, 0.29) is 40.6 Å². The molecule has 12 nitrogen and oxygen atoms in total. The molecule has 2 amide bonds. The molecular formula is C33H42N6O6. The first kappa shape index (κ1) is 30.8. The molecule has 0 radical (unpaired) electrons. The number of methoxy groups -OCH3 is 1. The highest BCUT2D eigenvalue weighted by molar-refractivity contribution is 6.09. The third kappa shape index (κ3) is 6.75. The van der Waals surface area contributed by atoms with Crippen LogP contribution in [0.5, 0.6) is 0 Å². The van der Waals surface area contributed by atoms with Gasteiger partial charge in [0, 0.05) is 56.0 Å². The Morgan fingerprint density at radius 1 is 0.911 bits per heavy atom. The Hall–Kier alpha value is -4.19. The number of benzene rings is 1. The number of nitrogens with zero attached hydrogens (tertiary/aromatic N) is 5. The SMILES string of the molecule is COC(=O)c1cc2nn(C3CCN(C4CCN(C(=O)OC(C)(C)C)CC4)CC3)cc2cc1NC(=O)c1cccn(C2CC2)c1=O. The van der Waals surface area contributed by atoms with E-state index in [9.17, 15) is 19.2 Å². The molecule has 0 bridgehead atoms. The summed E-state index contributed by atoms with van der Waals surface area (Å²) in [6.07, 6.45) is 8.98. The van der Waals surface area contributed by atoms with Crippen molar-refractivity contribution in [3.63, 3.8) is 0 Å². The van der Waals surface area contributed by atoms with Gasteiger partial charge in [0.1, 0.15) is 11.2 Å². The number of likely N-dealkylation sites (tertiary alicyclic amines) is 2. The van der Waals surface area contributed by atoms with Crippen LogP contribution in [-0.4, -0.2) is 87.0 Å². The first-order valence-electron chi connectivity index (χ1n) is 15.9. The van der Waals surface area contributed by atoms with Gasteiger partial charge in [0.15, 0.2) is 0 Å². The average Bonchev–Trinajstić information content (AvgIpc) is 3.78. The molecule has 0 atom stereocenters. The lowest BCUT2D eigenvalue weighted by atomic mass is 9.98. The summed E-state index contributed by atoms with van der Waals surface area (Å²) < 4.78 is 14.1. The largest absolute Gasteiger partial charge is 0.465 e. The number of hydrogen-bond acceptors (Lipinski definition) is 8. The third-order valence-corrected chi connectivity index (χ3v) is 8.98. The van der Waals surface area contributed by atoms with Crippen molar-refractivity contribution in [2.45, 2.75) is 83.0 Å². The first-order valence-corrected chi connectivity index (χ1v) is 15.9. The summed E-state index contributed by atoms with van der Waals surface area (Å²) in [6.45, 7) is 8.93. The first-order chi connectivity index (χ1) is 21.5. The minimum atomic E-state index is -0.601. The fraction of sp³-hybridized carbons (Fsp3) is 0.545. The van der Waals surface area contributed by atoms with Gasteiger partial charge < -0.3 is 29.2 Å². The lowest BCUT2D eigenvalue weighted by Gasteiger charge is -2.41. The molecule has 4 heterocycles. The van der Waals surface area contributed by atoms with E-state index >= 15 is 0 Å². The van der Waals surface area contributed by atoms with Crippen molar-refractivity contribution < 1.29 is 23.9 Å². The van der Waals surface area contributed by atoms with Crippen molar-refractivity contribution in [1.82, 2.24) is 24.1 Å². The molecule has 2 aliphatic heterocycles. The van der Waals surface area contributed by atoms with Gasteiger partial charge in [-0.05, 0) is 83.6 Å². The standard InChI is InChI=1S/C33H42N6O6/c1-33(2,3)45-32(43)37-16-9-22(10-17-37)36-14-11-24(12-15-36)39-20-21-18-28(26(31(42)44-4)19-27(21)35-39)34-29(40)25-6-5-13-38(30(25)41)23-7-8-23/h5-6,13,18-20,22-24H,7-12,14-17H2,1-4H3,(H,34,40). The van der Waals surface area contributed by atoms with E-state index < -0.39 is 17.5 Å². The summed E-state index contributed by atoms with van der Waals surface area (Å²) in [7, 11) is 1.29. The van der Waals surface area contributed by atoms with Crippen LogP contribution in [0.2, 0.25) is 0 Å². The van der Waals surface area contributed by atoms with E-state index in [0.29, 0.717) is 24.6 Å². The highest BCUT2D eigenvalue weighted by atomic mass is 16.6. The Morgan fingerprint density at radius 2 is 1.60 bits per heavy atom. The number of nitrogens with one attached hydrogen (secondary N) is 1. The molecule has 1 saturated carbocycles. The smallest absolute Gasteiger partial charge is 0.410 e. The highest BCUT2D eigenvalue weighted by Crippen LogP contribution is 2.33. The number of pyridine rings is 1. The molecule has 240 valence electrons. The molecule has 1 aromatic carbocycles. The van der Waals surface area contributed by atoms with Gasteiger partial charge in [0.25, 0.3) is 11.5 Å². The molecule has 6 rings (SSSR count). The van der Waals surface area contributed by atoms with Gasteiger partial charge in [-0.3, -0.25) is 14.3 Å². The second kappa shape index (κ2) is 12.3. The molecule has 45 heavy (non-hydrogen) atoms. The van der Waals surface area contributed by atoms with Crippen LogP contribution in [-0.2, 0) is 9.47 Å². The number of fused-ring (bicyclic) bond motifs is 1. The number of esters is 1. The maximum atomic E-state index is 13.2. The lowest BCUT2D eigenvalue weighted by molar-refractivity contribution is 0.0119. The van der Waals surface area contributed by atoms with Crippen molar-refractivity contribution in [2.75, 3.05) is 38.6 Å². The highest BCUT2D eigenvalue weighted by Gasteiger charge is 2.32. The number of carbonyl (C=O) groups excluding carboxylic acids is 3. The topological polar surface area (TPSA) is 128 Å². The maximum absolute atomic E-state index is 13.2. The zero-order valence-electron chi connectivity index (χ0n) is 26.5. The third-order valence-electron chi connectivity index (χ3n) is 8.98. The van der Waals surface area contributed by atoms with Gasteiger partial charge >= 0.3 is 12.1 Å². The molecule has 12 heteroatoms. The van der Waals surface area contributed by atoms with E-state index in [0.717, 1.165) is 57.0 Å². The van der Waals surface area contributed by atoms with Gasteiger partial charge in [-0.15, -0.1) is 0 Å². The molecular weight excluding hydrogens is 576 g/mol. The number of piperidine rings is 2. The van der Waals surface area contributed by atoms with Crippen molar-refractivity contribution in [3.05, 3.63) is 58.1 Å². The number of aromatic nitrogens is 3. The van der Waals surface area contributed by atoms with Crippen molar-refractivity contribution >= 4 is 34.6 Å². The van der Waals surface area contributed by atoms with Gasteiger partial charge in [0.2, 0.25) is 0 Å². The minimum absolute atomic E-state index is 0.0262. The van der Waals surface area contributed by atoms with Crippen LogP contribution in [0.3, 0.4) is 0 Å². The number of carbonyl (C=O) groups is 3.